The first kappa shape index (κ1) is 11.9. The van der Waals surface area contributed by atoms with Gasteiger partial charge in [-0.3, -0.25) is 0 Å². The minimum absolute atomic E-state index is 0.521. The van der Waals surface area contributed by atoms with Gasteiger partial charge in [-0.05, 0) is 36.8 Å². The van der Waals surface area contributed by atoms with Crippen molar-refractivity contribution in [3.8, 4) is 0 Å². The summed E-state index contributed by atoms with van der Waals surface area (Å²) in [5, 5.41) is 3.24. The molecule has 1 saturated carbocycles. The average Bonchev–Trinajstić information content (AvgIpc) is 3.05. The van der Waals surface area contributed by atoms with Crippen molar-refractivity contribution in [2.24, 2.45) is 11.7 Å². The summed E-state index contributed by atoms with van der Waals surface area (Å²) in [4.78, 5) is 12.1. The van der Waals surface area contributed by atoms with Crippen molar-refractivity contribution in [1.29, 1.82) is 0 Å². The molecule has 0 saturated heterocycles. The molecule has 2 atom stereocenters. The van der Waals surface area contributed by atoms with E-state index in [1.807, 2.05) is 0 Å². The van der Waals surface area contributed by atoms with Crippen molar-refractivity contribution in [3.05, 3.63) is 17.8 Å². The van der Waals surface area contributed by atoms with Crippen LogP contribution in [-0.4, -0.2) is 29.6 Å². The number of aromatic nitrogens is 2. The average molecular weight is 262 g/mol. The van der Waals surface area contributed by atoms with Crippen LogP contribution in [0.1, 0.15) is 19.3 Å². The standard InChI is InChI=1S/C13H18N4S/c1-17(11-4-2-3-9(11)7-14)12-10-5-6-18-13(10)16-8-15-12/h5-6,8-9,11H,2-4,7,14H2,1H3. The Morgan fingerprint density at radius 2 is 2.33 bits per heavy atom. The third-order valence-electron chi connectivity index (χ3n) is 3.99. The van der Waals surface area contributed by atoms with Crippen molar-refractivity contribution >= 4 is 27.4 Å². The number of hydrogen-bond acceptors (Lipinski definition) is 5. The maximum absolute atomic E-state index is 5.88. The lowest BCUT2D eigenvalue weighted by molar-refractivity contribution is 0.473. The van der Waals surface area contributed by atoms with Gasteiger partial charge in [0.2, 0.25) is 0 Å². The van der Waals surface area contributed by atoms with Crippen LogP contribution in [-0.2, 0) is 0 Å². The molecule has 0 aromatic carbocycles. The van der Waals surface area contributed by atoms with Gasteiger partial charge in [0.25, 0.3) is 0 Å². The van der Waals surface area contributed by atoms with Gasteiger partial charge in [0, 0.05) is 13.1 Å². The van der Waals surface area contributed by atoms with Gasteiger partial charge in [-0.1, -0.05) is 6.42 Å². The van der Waals surface area contributed by atoms with Crippen molar-refractivity contribution in [2.45, 2.75) is 25.3 Å². The Balaban J connectivity index is 1.96. The van der Waals surface area contributed by atoms with Gasteiger partial charge in [0.15, 0.2) is 0 Å². The van der Waals surface area contributed by atoms with Crippen molar-refractivity contribution in [2.75, 3.05) is 18.5 Å². The summed E-state index contributed by atoms with van der Waals surface area (Å²) < 4.78 is 0. The van der Waals surface area contributed by atoms with E-state index in [-0.39, 0.29) is 0 Å². The first-order valence-electron chi connectivity index (χ1n) is 6.42. The second-order valence-corrected chi connectivity index (χ2v) is 5.84. The predicted molar refractivity (Wildman–Crippen MR) is 76.0 cm³/mol. The normalized spacial score (nSPS) is 23.7. The van der Waals surface area contributed by atoms with Gasteiger partial charge in [-0.2, -0.15) is 0 Å². The van der Waals surface area contributed by atoms with E-state index in [1.165, 1.54) is 19.3 Å². The molecule has 1 fully saturated rings. The highest BCUT2D eigenvalue weighted by Crippen LogP contribution is 2.34. The van der Waals surface area contributed by atoms with Gasteiger partial charge in [-0.15, -0.1) is 11.3 Å². The Morgan fingerprint density at radius 3 is 3.17 bits per heavy atom. The molecule has 96 valence electrons. The highest BCUT2D eigenvalue weighted by atomic mass is 32.1. The fraction of sp³-hybridized carbons (Fsp3) is 0.538. The van der Waals surface area contributed by atoms with Crippen LogP contribution < -0.4 is 10.6 Å². The highest BCUT2D eigenvalue weighted by Gasteiger charge is 2.30. The molecule has 0 amide bonds. The number of hydrogen-bond donors (Lipinski definition) is 1. The maximum atomic E-state index is 5.88. The van der Waals surface area contributed by atoms with Crippen LogP contribution in [0.15, 0.2) is 17.8 Å². The summed E-state index contributed by atoms with van der Waals surface area (Å²) in [5.41, 5.74) is 5.88. The fourth-order valence-corrected chi connectivity index (χ4v) is 3.74. The molecule has 0 spiro atoms. The zero-order chi connectivity index (χ0) is 12.5. The lowest BCUT2D eigenvalue weighted by Gasteiger charge is -2.30. The van der Waals surface area contributed by atoms with Crippen molar-refractivity contribution in [3.63, 3.8) is 0 Å². The second kappa shape index (κ2) is 4.82. The Labute approximate surface area is 111 Å². The van der Waals surface area contributed by atoms with Crippen LogP contribution in [0.2, 0.25) is 0 Å². The lowest BCUT2D eigenvalue weighted by Crippen LogP contribution is -2.38. The van der Waals surface area contributed by atoms with Crippen LogP contribution >= 0.6 is 11.3 Å². The van der Waals surface area contributed by atoms with E-state index < -0.39 is 0 Å². The molecule has 0 bridgehead atoms. The number of rotatable bonds is 3. The summed E-state index contributed by atoms with van der Waals surface area (Å²) in [6.07, 6.45) is 5.39. The third-order valence-corrected chi connectivity index (χ3v) is 4.81. The highest BCUT2D eigenvalue weighted by molar-refractivity contribution is 7.16. The minimum atomic E-state index is 0.521. The first-order chi connectivity index (χ1) is 8.81. The van der Waals surface area contributed by atoms with Gasteiger partial charge < -0.3 is 10.6 Å². The zero-order valence-corrected chi connectivity index (χ0v) is 11.4. The second-order valence-electron chi connectivity index (χ2n) is 4.94. The largest absolute Gasteiger partial charge is 0.356 e. The summed E-state index contributed by atoms with van der Waals surface area (Å²) in [7, 11) is 2.14. The Hall–Kier alpha value is -1.20. The monoisotopic (exact) mass is 262 g/mol. The molecule has 0 aliphatic heterocycles. The first-order valence-corrected chi connectivity index (χ1v) is 7.30. The molecule has 1 aliphatic rings. The van der Waals surface area contributed by atoms with E-state index in [9.17, 15) is 0 Å². The van der Waals surface area contributed by atoms with Gasteiger partial charge in [-0.25, -0.2) is 9.97 Å². The van der Waals surface area contributed by atoms with Gasteiger partial charge in [0.05, 0.1) is 5.39 Å². The zero-order valence-electron chi connectivity index (χ0n) is 10.5. The summed E-state index contributed by atoms with van der Waals surface area (Å²) in [6.45, 7) is 0.771. The number of anilines is 1. The molecule has 3 rings (SSSR count). The predicted octanol–water partition coefficient (Wildman–Crippen LogP) is 2.25. The van der Waals surface area contributed by atoms with Gasteiger partial charge >= 0.3 is 0 Å². The number of thiophene rings is 1. The molecule has 1 aliphatic carbocycles. The molecular formula is C13H18N4S. The van der Waals surface area contributed by atoms with E-state index in [0.29, 0.717) is 12.0 Å². The molecule has 2 heterocycles. The Morgan fingerprint density at radius 1 is 1.44 bits per heavy atom. The van der Waals surface area contributed by atoms with Crippen LogP contribution in [0.3, 0.4) is 0 Å². The van der Waals surface area contributed by atoms with E-state index in [1.54, 1.807) is 17.7 Å². The topological polar surface area (TPSA) is 55.0 Å². The Bertz CT molecular complexity index is 539. The molecule has 5 heteroatoms. The third kappa shape index (κ3) is 1.87. The fourth-order valence-electron chi connectivity index (χ4n) is 3.02. The number of nitrogens with two attached hydrogens (primary N) is 1. The van der Waals surface area contributed by atoms with E-state index in [4.69, 9.17) is 5.73 Å². The minimum Gasteiger partial charge on any atom is -0.356 e. The molecule has 18 heavy (non-hydrogen) atoms. The number of fused-ring (bicyclic) bond motifs is 1. The van der Waals surface area contributed by atoms with E-state index >= 15 is 0 Å². The van der Waals surface area contributed by atoms with Crippen LogP contribution in [0.25, 0.3) is 10.2 Å². The van der Waals surface area contributed by atoms with Crippen LogP contribution in [0.4, 0.5) is 5.82 Å². The molecule has 0 radical (unpaired) electrons. The van der Waals surface area contributed by atoms with Crippen LogP contribution in [0, 0.1) is 5.92 Å². The quantitative estimate of drug-likeness (QED) is 0.922. The molecule has 2 unspecified atom stereocenters. The summed E-state index contributed by atoms with van der Waals surface area (Å²) in [6, 6.07) is 2.63. The summed E-state index contributed by atoms with van der Waals surface area (Å²) >= 11 is 1.67. The van der Waals surface area contributed by atoms with Crippen molar-refractivity contribution in [1.82, 2.24) is 9.97 Å². The SMILES string of the molecule is CN(c1ncnc2sccc12)C1CCCC1CN. The lowest BCUT2D eigenvalue weighted by atomic mass is 10.0. The van der Waals surface area contributed by atoms with Crippen LogP contribution in [0.5, 0.6) is 0 Å². The smallest absolute Gasteiger partial charge is 0.140 e. The van der Waals surface area contributed by atoms with E-state index in [2.05, 4.69) is 33.4 Å². The van der Waals surface area contributed by atoms with Crippen molar-refractivity contribution < 1.29 is 0 Å². The van der Waals surface area contributed by atoms with Gasteiger partial charge in [0.1, 0.15) is 17.0 Å². The maximum Gasteiger partial charge on any atom is 0.140 e. The molecular weight excluding hydrogens is 244 g/mol. The molecule has 4 nitrogen and oxygen atoms in total. The molecule has 2 aromatic rings. The summed E-state index contributed by atoms with van der Waals surface area (Å²) in [5.74, 6) is 1.64. The molecule has 2 N–H and O–H groups in total. The number of nitrogens with zero attached hydrogens (tertiary/aromatic N) is 3. The Kier molecular flexibility index (Phi) is 3.18. The van der Waals surface area contributed by atoms with E-state index in [0.717, 1.165) is 22.6 Å². The molecule has 2 aromatic heterocycles.